The van der Waals surface area contributed by atoms with Crippen LogP contribution < -0.4 is 11.1 Å². The number of nitrogens with one attached hydrogen (secondary N) is 1. The summed E-state index contributed by atoms with van der Waals surface area (Å²) in [4.78, 5) is 11.2. The van der Waals surface area contributed by atoms with E-state index in [4.69, 9.17) is 5.73 Å². The van der Waals surface area contributed by atoms with Crippen LogP contribution in [0.4, 0.5) is 0 Å². The molecule has 0 unspecified atom stereocenters. The van der Waals surface area contributed by atoms with E-state index in [1.54, 1.807) is 0 Å². The van der Waals surface area contributed by atoms with Crippen molar-refractivity contribution >= 4 is 5.91 Å². The van der Waals surface area contributed by atoms with Gasteiger partial charge in [-0.05, 0) is 25.8 Å². The molecule has 0 atom stereocenters. The molecule has 0 aliphatic carbocycles. The quantitative estimate of drug-likeness (QED) is 0.774. The number of carbonyl (C=O) groups is 1. The van der Waals surface area contributed by atoms with Crippen LogP contribution in [0, 0.1) is 0 Å². The van der Waals surface area contributed by atoms with Crippen LogP contribution in [0.15, 0.2) is 30.3 Å². The van der Waals surface area contributed by atoms with Crippen LogP contribution in [0.1, 0.15) is 19.4 Å². The number of hydrogen-bond donors (Lipinski definition) is 2. The maximum absolute atomic E-state index is 11.2. The SMILES string of the molecule is CC(C)(Cc1ccccc1)NC(=O)CN. The highest BCUT2D eigenvalue weighted by atomic mass is 16.1. The highest BCUT2D eigenvalue weighted by molar-refractivity contribution is 5.78. The van der Waals surface area contributed by atoms with Gasteiger partial charge in [-0.3, -0.25) is 4.79 Å². The highest BCUT2D eigenvalue weighted by Crippen LogP contribution is 2.11. The van der Waals surface area contributed by atoms with Crippen molar-refractivity contribution in [3.05, 3.63) is 35.9 Å². The lowest BCUT2D eigenvalue weighted by molar-refractivity contribution is -0.121. The average molecular weight is 206 g/mol. The highest BCUT2D eigenvalue weighted by Gasteiger charge is 2.19. The summed E-state index contributed by atoms with van der Waals surface area (Å²) in [6.45, 7) is 4.03. The third-order valence-electron chi connectivity index (χ3n) is 2.15. The summed E-state index contributed by atoms with van der Waals surface area (Å²) < 4.78 is 0. The lowest BCUT2D eigenvalue weighted by atomic mass is 9.95. The Bertz CT molecular complexity index is 320. The normalized spacial score (nSPS) is 11.1. The lowest BCUT2D eigenvalue weighted by Crippen LogP contribution is -2.47. The standard InChI is InChI=1S/C12H18N2O/c1-12(2,14-11(15)9-13)8-10-6-4-3-5-7-10/h3-7H,8-9,13H2,1-2H3,(H,14,15). The van der Waals surface area contributed by atoms with Gasteiger partial charge in [-0.2, -0.15) is 0 Å². The summed E-state index contributed by atoms with van der Waals surface area (Å²) >= 11 is 0. The molecule has 1 rings (SSSR count). The molecule has 0 aromatic heterocycles. The molecular weight excluding hydrogens is 188 g/mol. The summed E-state index contributed by atoms with van der Waals surface area (Å²) in [5.74, 6) is -0.115. The van der Waals surface area contributed by atoms with E-state index >= 15 is 0 Å². The molecule has 0 fully saturated rings. The second kappa shape index (κ2) is 4.94. The molecule has 0 heterocycles. The number of benzene rings is 1. The largest absolute Gasteiger partial charge is 0.350 e. The van der Waals surface area contributed by atoms with E-state index in [1.165, 1.54) is 5.56 Å². The fraction of sp³-hybridized carbons (Fsp3) is 0.417. The lowest BCUT2D eigenvalue weighted by Gasteiger charge is -2.26. The van der Waals surface area contributed by atoms with Gasteiger partial charge in [0.1, 0.15) is 0 Å². The Morgan fingerprint density at radius 1 is 1.33 bits per heavy atom. The number of nitrogens with two attached hydrogens (primary N) is 1. The van der Waals surface area contributed by atoms with E-state index in [-0.39, 0.29) is 18.0 Å². The van der Waals surface area contributed by atoms with Crippen LogP contribution in [-0.2, 0) is 11.2 Å². The monoisotopic (exact) mass is 206 g/mol. The summed E-state index contributed by atoms with van der Waals surface area (Å²) in [6, 6.07) is 10.1. The van der Waals surface area contributed by atoms with Gasteiger partial charge in [-0.25, -0.2) is 0 Å². The van der Waals surface area contributed by atoms with Crippen molar-refractivity contribution in [2.24, 2.45) is 5.73 Å². The average Bonchev–Trinajstić information content (AvgIpc) is 2.17. The topological polar surface area (TPSA) is 55.1 Å². The number of carbonyl (C=O) groups excluding carboxylic acids is 1. The first-order chi connectivity index (χ1) is 7.03. The summed E-state index contributed by atoms with van der Waals surface area (Å²) in [6.07, 6.45) is 0.805. The summed E-state index contributed by atoms with van der Waals surface area (Å²) in [5, 5.41) is 2.89. The Labute approximate surface area is 90.7 Å². The van der Waals surface area contributed by atoms with E-state index in [2.05, 4.69) is 17.4 Å². The minimum absolute atomic E-state index is 0.0399. The van der Waals surface area contributed by atoms with Gasteiger partial charge in [0.25, 0.3) is 0 Å². The maximum Gasteiger partial charge on any atom is 0.234 e. The Morgan fingerprint density at radius 3 is 2.47 bits per heavy atom. The fourth-order valence-electron chi connectivity index (χ4n) is 1.58. The molecule has 1 aromatic rings. The van der Waals surface area contributed by atoms with Crippen molar-refractivity contribution < 1.29 is 4.79 Å². The molecule has 1 aromatic carbocycles. The van der Waals surface area contributed by atoms with Gasteiger partial charge in [0.2, 0.25) is 5.91 Å². The van der Waals surface area contributed by atoms with E-state index in [0.29, 0.717) is 0 Å². The molecule has 0 radical (unpaired) electrons. The third kappa shape index (κ3) is 4.13. The summed E-state index contributed by atoms with van der Waals surface area (Å²) in [5.41, 5.74) is 6.22. The second-order valence-corrected chi connectivity index (χ2v) is 4.30. The molecule has 3 nitrogen and oxygen atoms in total. The molecule has 0 saturated heterocycles. The zero-order valence-electron chi connectivity index (χ0n) is 9.29. The van der Waals surface area contributed by atoms with Gasteiger partial charge < -0.3 is 11.1 Å². The van der Waals surface area contributed by atoms with Crippen molar-refractivity contribution in [2.75, 3.05) is 6.54 Å². The number of rotatable bonds is 4. The Morgan fingerprint density at radius 2 is 1.93 bits per heavy atom. The molecule has 3 heteroatoms. The Balaban J connectivity index is 2.60. The van der Waals surface area contributed by atoms with Crippen molar-refractivity contribution in [1.29, 1.82) is 0 Å². The van der Waals surface area contributed by atoms with Crippen molar-refractivity contribution in [3.8, 4) is 0 Å². The molecule has 15 heavy (non-hydrogen) atoms. The van der Waals surface area contributed by atoms with Crippen molar-refractivity contribution in [1.82, 2.24) is 5.32 Å². The zero-order chi connectivity index (χ0) is 11.3. The van der Waals surface area contributed by atoms with Gasteiger partial charge in [-0.1, -0.05) is 30.3 Å². The molecule has 3 N–H and O–H groups in total. The smallest absolute Gasteiger partial charge is 0.234 e. The molecular formula is C12H18N2O. The van der Waals surface area contributed by atoms with Crippen molar-refractivity contribution in [2.45, 2.75) is 25.8 Å². The number of hydrogen-bond acceptors (Lipinski definition) is 2. The first kappa shape index (κ1) is 11.7. The minimum atomic E-state index is -0.252. The predicted octanol–water partition coefficient (Wildman–Crippen LogP) is 1.08. The van der Waals surface area contributed by atoms with Crippen LogP contribution in [0.3, 0.4) is 0 Å². The van der Waals surface area contributed by atoms with Crippen LogP contribution in [0.2, 0.25) is 0 Å². The first-order valence-corrected chi connectivity index (χ1v) is 5.08. The molecule has 0 spiro atoms. The van der Waals surface area contributed by atoms with Gasteiger partial charge >= 0.3 is 0 Å². The van der Waals surface area contributed by atoms with E-state index < -0.39 is 0 Å². The Hall–Kier alpha value is -1.35. The van der Waals surface area contributed by atoms with Gasteiger partial charge in [0.05, 0.1) is 6.54 Å². The maximum atomic E-state index is 11.2. The van der Waals surface area contributed by atoms with Gasteiger partial charge in [0, 0.05) is 5.54 Å². The van der Waals surface area contributed by atoms with Gasteiger partial charge in [-0.15, -0.1) is 0 Å². The summed E-state index contributed by atoms with van der Waals surface area (Å²) in [7, 11) is 0. The molecule has 0 saturated carbocycles. The fourth-order valence-corrected chi connectivity index (χ4v) is 1.58. The molecule has 0 aliphatic rings. The third-order valence-corrected chi connectivity index (χ3v) is 2.15. The van der Waals surface area contributed by atoms with E-state index in [0.717, 1.165) is 6.42 Å². The van der Waals surface area contributed by atoms with Gasteiger partial charge in [0.15, 0.2) is 0 Å². The predicted molar refractivity (Wildman–Crippen MR) is 61.4 cm³/mol. The minimum Gasteiger partial charge on any atom is -0.350 e. The van der Waals surface area contributed by atoms with Crippen LogP contribution in [0.5, 0.6) is 0 Å². The molecule has 82 valence electrons. The second-order valence-electron chi connectivity index (χ2n) is 4.30. The first-order valence-electron chi connectivity index (χ1n) is 5.08. The zero-order valence-corrected chi connectivity index (χ0v) is 9.29. The van der Waals surface area contributed by atoms with E-state index in [1.807, 2.05) is 32.0 Å². The molecule has 0 aliphatic heterocycles. The van der Waals surface area contributed by atoms with Crippen LogP contribution >= 0.6 is 0 Å². The van der Waals surface area contributed by atoms with Crippen LogP contribution in [-0.4, -0.2) is 18.0 Å². The number of amides is 1. The van der Waals surface area contributed by atoms with Crippen molar-refractivity contribution in [3.63, 3.8) is 0 Å². The Kier molecular flexibility index (Phi) is 3.86. The molecule has 0 bridgehead atoms. The van der Waals surface area contributed by atoms with E-state index in [9.17, 15) is 4.79 Å². The molecule has 1 amide bonds. The van der Waals surface area contributed by atoms with Crippen LogP contribution in [0.25, 0.3) is 0 Å².